The van der Waals surface area contributed by atoms with E-state index in [0.29, 0.717) is 16.4 Å². The van der Waals surface area contributed by atoms with E-state index in [0.717, 1.165) is 10.9 Å². The van der Waals surface area contributed by atoms with Gasteiger partial charge in [-0.05, 0) is 29.8 Å². The molecule has 0 bridgehead atoms. The molecular weight excluding hydrogens is 354 g/mol. The van der Waals surface area contributed by atoms with Crippen LogP contribution in [0.25, 0.3) is 28.7 Å². The Balaban J connectivity index is 1.48. The van der Waals surface area contributed by atoms with Crippen LogP contribution in [0.5, 0.6) is 0 Å². The molecule has 0 aliphatic carbocycles. The molecular formula is C19H12ClN3O3. The Kier molecular flexibility index (Phi) is 4.25. The molecule has 6 nitrogen and oxygen atoms in total. The fourth-order valence-corrected chi connectivity index (χ4v) is 2.58. The summed E-state index contributed by atoms with van der Waals surface area (Å²) < 4.78 is 11.1. The lowest BCUT2D eigenvalue weighted by molar-refractivity contribution is -0.112. The lowest BCUT2D eigenvalue weighted by Crippen LogP contribution is -2.07. The summed E-state index contributed by atoms with van der Waals surface area (Å²) in [7, 11) is 0. The molecule has 2 heterocycles. The maximum Gasteiger partial charge on any atom is 0.322 e. The minimum atomic E-state index is -0.412. The van der Waals surface area contributed by atoms with E-state index in [2.05, 4.69) is 15.5 Å². The molecule has 0 saturated heterocycles. The number of nitrogens with one attached hydrogen (secondary N) is 1. The van der Waals surface area contributed by atoms with Crippen molar-refractivity contribution in [1.29, 1.82) is 0 Å². The minimum Gasteiger partial charge on any atom is -0.451 e. The van der Waals surface area contributed by atoms with Gasteiger partial charge in [0.25, 0.3) is 11.8 Å². The van der Waals surface area contributed by atoms with Crippen molar-refractivity contribution in [1.82, 2.24) is 10.2 Å². The molecule has 1 N–H and O–H groups in total. The topological polar surface area (TPSA) is 81.2 Å². The quantitative estimate of drug-likeness (QED) is 0.526. The maximum absolute atomic E-state index is 12.0. The van der Waals surface area contributed by atoms with Gasteiger partial charge in [0.15, 0.2) is 5.76 Å². The number of furan rings is 1. The molecule has 128 valence electrons. The van der Waals surface area contributed by atoms with Crippen LogP contribution in [0, 0.1) is 0 Å². The first kappa shape index (κ1) is 16.1. The Hall–Kier alpha value is -3.38. The van der Waals surface area contributed by atoms with Crippen molar-refractivity contribution >= 4 is 40.6 Å². The summed E-state index contributed by atoms with van der Waals surface area (Å²) in [5.41, 5.74) is 1.45. The van der Waals surface area contributed by atoms with Crippen molar-refractivity contribution < 1.29 is 13.6 Å². The maximum atomic E-state index is 12.0. The number of hydrogen-bond acceptors (Lipinski definition) is 5. The number of carbonyl (C=O) groups is 1. The summed E-state index contributed by atoms with van der Waals surface area (Å²) in [6, 6.07) is 16.5. The Labute approximate surface area is 153 Å². The third kappa shape index (κ3) is 3.36. The number of nitrogens with zero attached hydrogens (tertiary/aromatic N) is 2. The second-order valence-corrected chi connectivity index (χ2v) is 5.81. The number of aromatic nitrogens is 2. The van der Waals surface area contributed by atoms with Gasteiger partial charge >= 0.3 is 6.01 Å². The molecule has 0 fully saturated rings. The number of halogens is 1. The molecule has 2 aromatic heterocycles. The summed E-state index contributed by atoms with van der Waals surface area (Å²) in [6.45, 7) is 0. The zero-order chi connectivity index (χ0) is 17.9. The van der Waals surface area contributed by atoms with Crippen molar-refractivity contribution in [3.05, 3.63) is 71.3 Å². The second-order valence-electron chi connectivity index (χ2n) is 5.40. The number of benzene rings is 2. The van der Waals surface area contributed by atoms with Gasteiger partial charge in [-0.25, -0.2) is 0 Å². The Morgan fingerprint density at radius 3 is 2.69 bits per heavy atom. The van der Waals surface area contributed by atoms with E-state index in [1.807, 2.05) is 36.4 Å². The van der Waals surface area contributed by atoms with Crippen molar-refractivity contribution in [3.63, 3.8) is 0 Å². The fraction of sp³-hybridized carbons (Fsp3) is 0. The molecule has 0 radical (unpaired) electrons. The van der Waals surface area contributed by atoms with Crippen LogP contribution < -0.4 is 5.32 Å². The third-order valence-corrected chi connectivity index (χ3v) is 3.96. The van der Waals surface area contributed by atoms with Crippen LogP contribution in [0.2, 0.25) is 5.02 Å². The molecule has 4 aromatic rings. The average Bonchev–Trinajstić information content (AvgIpc) is 3.27. The van der Waals surface area contributed by atoms with E-state index in [1.165, 1.54) is 6.08 Å². The van der Waals surface area contributed by atoms with E-state index >= 15 is 0 Å². The molecule has 4 rings (SSSR count). The first-order valence-electron chi connectivity index (χ1n) is 7.75. The van der Waals surface area contributed by atoms with Gasteiger partial charge in [-0.15, -0.1) is 5.10 Å². The highest BCUT2D eigenvalue weighted by Crippen LogP contribution is 2.27. The highest BCUT2D eigenvalue weighted by Gasteiger charge is 2.14. The molecule has 0 aliphatic heterocycles. The Morgan fingerprint density at radius 1 is 1.04 bits per heavy atom. The molecule has 0 spiro atoms. The zero-order valence-corrected chi connectivity index (χ0v) is 14.1. The second kappa shape index (κ2) is 6.85. The summed E-state index contributed by atoms with van der Waals surface area (Å²) in [6.07, 6.45) is 2.94. The summed E-state index contributed by atoms with van der Waals surface area (Å²) >= 11 is 6.04. The number of anilines is 1. The Morgan fingerprint density at radius 2 is 1.85 bits per heavy atom. The van der Waals surface area contributed by atoms with Crippen molar-refractivity contribution in [2.24, 2.45) is 0 Å². The Bertz CT molecular complexity index is 1080. The largest absolute Gasteiger partial charge is 0.451 e. The van der Waals surface area contributed by atoms with Crippen molar-refractivity contribution in [3.8, 4) is 11.7 Å². The van der Waals surface area contributed by atoms with Gasteiger partial charge < -0.3 is 8.83 Å². The van der Waals surface area contributed by atoms with Crippen LogP contribution in [-0.2, 0) is 4.79 Å². The highest BCUT2D eigenvalue weighted by molar-refractivity contribution is 6.32. The molecule has 0 atom stereocenters. The van der Waals surface area contributed by atoms with Gasteiger partial charge in [0.2, 0.25) is 0 Å². The van der Waals surface area contributed by atoms with Gasteiger partial charge in [0.05, 0.1) is 0 Å². The van der Waals surface area contributed by atoms with Crippen molar-refractivity contribution in [2.45, 2.75) is 0 Å². The van der Waals surface area contributed by atoms with E-state index < -0.39 is 5.91 Å². The predicted octanol–water partition coefficient (Wildman–Crippen LogP) is 4.79. The first-order chi connectivity index (χ1) is 12.7. The minimum absolute atomic E-state index is 0.0192. The van der Waals surface area contributed by atoms with Crippen LogP contribution in [0.1, 0.15) is 5.56 Å². The normalized spacial score (nSPS) is 11.3. The number of fused-ring (bicyclic) bond motifs is 1. The third-order valence-electron chi connectivity index (χ3n) is 3.61. The van der Waals surface area contributed by atoms with Crippen LogP contribution in [0.4, 0.5) is 6.01 Å². The molecule has 0 unspecified atom stereocenters. The number of amides is 1. The summed E-state index contributed by atoms with van der Waals surface area (Å²) in [5, 5.41) is 11.7. The molecule has 7 heteroatoms. The lowest BCUT2D eigenvalue weighted by Gasteiger charge is -1.97. The van der Waals surface area contributed by atoms with Gasteiger partial charge in [-0.1, -0.05) is 53.1 Å². The fourth-order valence-electron chi connectivity index (χ4n) is 2.38. The number of para-hydroxylation sites is 1. The van der Waals surface area contributed by atoms with E-state index in [-0.39, 0.29) is 11.9 Å². The molecule has 0 saturated carbocycles. The van der Waals surface area contributed by atoms with E-state index in [9.17, 15) is 4.79 Å². The monoisotopic (exact) mass is 365 g/mol. The highest BCUT2D eigenvalue weighted by atomic mass is 35.5. The first-order valence-corrected chi connectivity index (χ1v) is 8.13. The predicted molar refractivity (Wildman–Crippen MR) is 98.6 cm³/mol. The number of hydrogen-bond donors (Lipinski definition) is 1. The van der Waals surface area contributed by atoms with E-state index in [4.69, 9.17) is 20.4 Å². The average molecular weight is 366 g/mol. The zero-order valence-electron chi connectivity index (χ0n) is 13.3. The van der Waals surface area contributed by atoms with Crippen LogP contribution in [-0.4, -0.2) is 16.1 Å². The summed E-state index contributed by atoms with van der Waals surface area (Å²) in [5.74, 6) is 0.210. The van der Waals surface area contributed by atoms with Gasteiger partial charge in [0.1, 0.15) is 5.58 Å². The number of rotatable bonds is 4. The van der Waals surface area contributed by atoms with Crippen LogP contribution in [0.15, 0.2) is 69.5 Å². The van der Waals surface area contributed by atoms with Crippen LogP contribution >= 0.6 is 11.6 Å². The lowest BCUT2D eigenvalue weighted by atomic mass is 10.2. The molecule has 0 aliphatic rings. The number of carbonyl (C=O) groups excluding carboxylic acids is 1. The van der Waals surface area contributed by atoms with Gasteiger partial charge in [-0.2, -0.15) is 0 Å². The smallest absolute Gasteiger partial charge is 0.322 e. The van der Waals surface area contributed by atoms with Gasteiger partial charge in [0, 0.05) is 16.5 Å². The summed E-state index contributed by atoms with van der Waals surface area (Å²) in [4.78, 5) is 12.0. The SMILES string of the molecule is O=C(C=Cc1ccccc1Cl)Nc1nnc(-c2cc3ccccc3o2)o1. The molecule has 2 aromatic carbocycles. The van der Waals surface area contributed by atoms with E-state index in [1.54, 1.807) is 24.3 Å². The molecule has 1 amide bonds. The molecule has 26 heavy (non-hydrogen) atoms. The van der Waals surface area contributed by atoms with Gasteiger partial charge in [-0.3, -0.25) is 10.1 Å². The van der Waals surface area contributed by atoms with Crippen molar-refractivity contribution in [2.75, 3.05) is 5.32 Å². The standard InChI is InChI=1S/C19H12ClN3O3/c20-14-7-3-1-5-12(14)9-10-17(24)21-19-23-22-18(26-19)16-11-13-6-2-4-8-15(13)25-16/h1-11H,(H,21,23,24). The van der Waals surface area contributed by atoms with Crippen LogP contribution in [0.3, 0.4) is 0 Å².